The summed E-state index contributed by atoms with van der Waals surface area (Å²) < 4.78 is 27.7. The maximum atomic E-state index is 11.2. The fraction of sp³-hybridized carbons (Fsp3) is 0.455. The third-order valence-electron chi connectivity index (χ3n) is 2.69. The first-order valence-corrected chi connectivity index (χ1v) is 7.70. The highest BCUT2D eigenvalue weighted by Crippen LogP contribution is 2.17. The largest absolute Gasteiger partial charge is 0.379 e. The van der Waals surface area contributed by atoms with Crippen molar-refractivity contribution in [3.63, 3.8) is 0 Å². The fourth-order valence-electron chi connectivity index (χ4n) is 1.81. The third kappa shape index (κ3) is 3.67. The zero-order valence-corrected chi connectivity index (χ0v) is 10.9. The minimum Gasteiger partial charge on any atom is -0.379 e. The molecule has 94 valence electrons. The molecule has 0 saturated carbocycles. The van der Waals surface area contributed by atoms with Crippen LogP contribution in [0.25, 0.3) is 0 Å². The predicted octanol–water partition coefficient (Wildman–Crippen LogP) is 1.45. The van der Waals surface area contributed by atoms with Gasteiger partial charge in [-0.1, -0.05) is 12.1 Å². The molecule has 0 aromatic heterocycles. The molecule has 0 bridgehead atoms. The topological polar surface area (TPSA) is 46.6 Å². The van der Waals surface area contributed by atoms with Crippen molar-refractivity contribution in [3.05, 3.63) is 29.8 Å². The van der Waals surface area contributed by atoms with Gasteiger partial charge in [0.25, 0.3) is 9.05 Å². The molecule has 1 heterocycles. The Labute approximate surface area is 106 Å². The molecule has 1 aromatic rings. The van der Waals surface area contributed by atoms with Crippen LogP contribution in [0.3, 0.4) is 0 Å². The Morgan fingerprint density at radius 1 is 1.29 bits per heavy atom. The molecule has 1 saturated heterocycles. The van der Waals surface area contributed by atoms with E-state index in [4.69, 9.17) is 15.4 Å². The van der Waals surface area contributed by atoms with Gasteiger partial charge in [0.2, 0.25) is 0 Å². The molecule has 0 radical (unpaired) electrons. The van der Waals surface area contributed by atoms with Crippen molar-refractivity contribution < 1.29 is 13.2 Å². The van der Waals surface area contributed by atoms with Crippen LogP contribution < -0.4 is 0 Å². The van der Waals surface area contributed by atoms with Crippen molar-refractivity contribution in [2.24, 2.45) is 0 Å². The van der Waals surface area contributed by atoms with Crippen LogP contribution in [-0.4, -0.2) is 39.6 Å². The molecule has 2 rings (SSSR count). The van der Waals surface area contributed by atoms with Gasteiger partial charge in [0.15, 0.2) is 0 Å². The molecule has 17 heavy (non-hydrogen) atoms. The quantitative estimate of drug-likeness (QED) is 0.784. The predicted molar refractivity (Wildman–Crippen MR) is 65.6 cm³/mol. The Balaban J connectivity index is 2.11. The van der Waals surface area contributed by atoms with Gasteiger partial charge < -0.3 is 4.74 Å². The summed E-state index contributed by atoms with van der Waals surface area (Å²) in [5, 5.41) is 0. The molecule has 1 aromatic carbocycles. The summed E-state index contributed by atoms with van der Waals surface area (Å²) in [5.74, 6) is 0. The lowest BCUT2D eigenvalue weighted by atomic mass is 10.2. The first-order chi connectivity index (χ1) is 8.05. The molecular formula is C11H14ClNO3S. The van der Waals surface area contributed by atoms with Gasteiger partial charge in [0.1, 0.15) is 0 Å². The first kappa shape index (κ1) is 12.8. The van der Waals surface area contributed by atoms with Crippen LogP contribution in [0.1, 0.15) is 5.56 Å². The maximum absolute atomic E-state index is 11.2. The van der Waals surface area contributed by atoms with Crippen molar-refractivity contribution in [3.8, 4) is 0 Å². The molecule has 4 nitrogen and oxygen atoms in total. The smallest absolute Gasteiger partial charge is 0.261 e. The number of ether oxygens (including phenoxy) is 1. The Morgan fingerprint density at radius 3 is 2.65 bits per heavy atom. The molecule has 0 unspecified atom stereocenters. The summed E-state index contributed by atoms with van der Waals surface area (Å²) in [6.07, 6.45) is 0. The van der Waals surface area contributed by atoms with Crippen LogP contribution in [0, 0.1) is 0 Å². The van der Waals surface area contributed by atoms with E-state index in [1.54, 1.807) is 12.1 Å². The van der Waals surface area contributed by atoms with Gasteiger partial charge in [-0.2, -0.15) is 0 Å². The fourth-order valence-corrected chi connectivity index (χ4v) is 2.63. The zero-order valence-electron chi connectivity index (χ0n) is 9.30. The van der Waals surface area contributed by atoms with E-state index in [1.807, 2.05) is 6.07 Å². The van der Waals surface area contributed by atoms with Gasteiger partial charge in [0.05, 0.1) is 18.1 Å². The van der Waals surface area contributed by atoms with E-state index in [1.165, 1.54) is 6.07 Å². The SMILES string of the molecule is O=S(=O)(Cl)c1cccc(CN2CCOCC2)c1. The molecule has 1 fully saturated rings. The lowest BCUT2D eigenvalue weighted by molar-refractivity contribution is 0.0341. The Morgan fingerprint density at radius 2 is 2.00 bits per heavy atom. The minimum absolute atomic E-state index is 0.157. The molecule has 1 aliphatic rings. The monoisotopic (exact) mass is 275 g/mol. The Bertz CT molecular complexity index is 483. The van der Waals surface area contributed by atoms with Crippen LogP contribution in [0.2, 0.25) is 0 Å². The summed E-state index contributed by atoms with van der Waals surface area (Å²) in [7, 11) is 1.67. The van der Waals surface area contributed by atoms with E-state index in [-0.39, 0.29) is 4.90 Å². The highest BCUT2D eigenvalue weighted by atomic mass is 35.7. The molecule has 0 amide bonds. The van der Waals surface area contributed by atoms with E-state index in [9.17, 15) is 8.42 Å². The molecular weight excluding hydrogens is 262 g/mol. The normalized spacial score (nSPS) is 18.2. The van der Waals surface area contributed by atoms with Crippen molar-refractivity contribution >= 4 is 19.7 Å². The van der Waals surface area contributed by atoms with E-state index in [0.29, 0.717) is 0 Å². The van der Waals surface area contributed by atoms with Gasteiger partial charge in [-0.25, -0.2) is 8.42 Å². The summed E-state index contributed by atoms with van der Waals surface area (Å²) >= 11 is 0. The highest BCUT2D eigenvalue weighted by Gasteiger charge is 2.13. The molecule has 0 atom stereocenters. The van der Waals surface area contributed by atoms with Crippen LogP contribution in [-0.2, 0) is 20.3 Å². The van der Waals surface area contributed by atoms with Crippen molar-refractivity contribution in [2.45, 2.75) is 11.4 Å². The Kier molecular flexibility index (Phi) is 4.04. The number of benzene rings is 1. The van der Waals surface area contributed by atoms with Crippen LogP contribution in [0.5, 0.6) is 0 Å². The second kappa shape index (κ2) is 5.35. The molecule has 0 spiro atoms. The summed E-state index contributed by atoms with van der Waals surface area (Å²) in [5.41, 5.74) is 0.952. The summed E-state index contributed by atoms with van der Waals surface area (Å²) in [6.45, 7) is 3.93. The number of hydrogen-bond donors (Lipinski definition) is 0. The van der Waals surface area contributed by atoms with Gasteiger partial charge in [-0.05, 0) is 17.7 Å². The lowest BCUT2D eigenvalue weighted by Gasteiger charge is -2.26. The minimum atomic E-state index is -3.64. The van der Waals surface area contributed by atoms with Crippen LogP contribution >= 0.6 is 10.7 Å². The summed E-state index contributed by atoms with van der Waals surface area (Å²) in [6, 6.07) is 6.75. The van der Waals surface area contributed by atoms with E-state index >= 15 is 0 Å². The molecule has 6 heteroatoms. The maximum Gasteiger partial charge on any atom is 0.261 e. The van der Waals surface area contributed by atoms with Crippen molar-refractivity contribution in [1.29, 1.82) is 0 Å². The van der Waals surface area contributed by atoms with Crippen LogP contribution in [0.15, 0.2) is 29.2 Å². The highest BCUT2D eigenvalue weighted by molar-refractivity contribution is 8.13. The first-order valence-electron chi connectivity index (χ1n) is 5.39. The lowest BCUT2D eigenvalue weighted by Crippen LogP contribution is -2.35. The number of halogens is 1. The zero-order chi connectivity index (χ0) is 12.3. The number of morpholine rings is 1. The third-order valence-corrected chi connectivity index (χ3v) is 4.04. The van der Waals surface area contributed by atoms with Gasteiger partial charge in [0, 0.05) is 30.3 Å². The molecule has 1 aliphatic heterocycles. The second-order valence-electron chi connectivity index (χ2n) is 3.97. The average molecular weight is 276 g/mol. The van der Waals surface area contributed by atoms with Crippen LogP contribution in [0.4, 0.5) is 0 Å². The van der Waals surface area contributed by atoms with E-state index in [2.05, 4.69) is 4.90 Å². The van der Waals surface area contributed by atoms with Crippen molar-refractivity contribution in [1.82, 2.24) is 4.90 Å². The number of nitrogens with zero attached hydrogens (tertiary/aromatic N) is 1. The van der Waals surface area contributed by atoms with Crippen molar-refractivity contribution in [2.75, 3.05) is 26.3 Å². The Hall–Kier alpha value is -0.620. The van der Waals surface area contributed by atoms with E-state index < -0.39 is 9.05 Å². The number of rotatable bonds is 3. The average Bonchev–Trinajstić information content (AvgIpc) is 2.29. The van der Waals surface area contributed by atoms with Gasteiger partial charge in [-0.15, -0.1) is 0 Å². The number of hydrogen-bond acceptors (Lipinski definition) is 4. The van der Waals surface area contributed by atoms with Gasteiger partial charge >= 0.3 is 0 Å². The second-order valence-corrected chi connectivity index (χ2v) is 6.54. The van der Waals surface area contributed by atoms with E-state index in [0.717, 1.165) is 38.4 Å². The van der Waals surface area contributed by atoms with Gasteiger partial charge in [-0.3, -0.25) is 4.90 Å². The molecule has 0 aliphatic carbocycles. The molecule has 0 N–H and O–H groups in total. The standard InChI is InChI=1S/C11H14ClNO3S/c12-17(14,15)11-3-1-2-10(8-11)9-13-4-6-16-7-5-13/h1-3,8H,4-7,9H2. The summed E-state index contributed by atoms with van der Waals surface area (Å²) in [4.78, 5) is 2.38.